The summed E-state index contributed by atoms with van der Waals surface area (Å²) in [5.74, 6) is 0.116. The van der Waals surface area contributed by atoms with Gasteiger partial charge in [-0.2, -0.15) is 0 Å². The van der Waals surface area contributed by atoms with E-state index in [-0.39, 0.29) is 5.91 Å². The lowest BCUT2D eigenvalue weighted by Crippen LogP contribution is -2.47. The van der Waals surface area contributed by atoms with Crippen molar-refractivity contribution in [3.8, 4) is 0 Å². The van der Waals surface area contributed by atoms with Crippen LogP contribution in [0.4, 0.5) is 5.69 Å². The van der Waals surface area contributed by atoms with E-state index in [4.69, 9.17) is 5.73 Å². The van der Waals surface area contributed by atoms with Crippen molar-refractivity contribution < 1.29 is 4.79 Å². The number of rotatable bonds is 1. The molecule has 1 aliphatic rings. The molecular formula is C15H22N2O. The highest BCUT2D eigenvalue weighted by Crippen LogP contribution is 2.25. The minimum atomic E-state index is 0.116. The summed E-state index contributed by atoms with van der Waals surface area (Å²) >= 11 is 0. The Morgan fingerprint density at radius 2 is 1.83 bits per heavy atom. The van der Waals surface area contributed by atoms with Gasteiger partial charge in [0.2, 0.25) is 0 Å². The number of nitrogens with zero attached hydrogens (tertiary/aromatic N) is 1. The lowest BCUT2D eigenvalue weighted by molar-refractivity contribution is 0.0510. The molecule has 2 unspecified atom stereocenters. The summed E-state index contributed by atoms with van der Waals surface area (Å²) in [6.07, 6.45) is 3.40. The number of nitrogen functional groups attached to an aromatic ring is 1. The fraction of sp³-hybridized carbons (Fsp3) is 0.533. The van der Waals surface area contributed by atoms with Crippen LogP contribution in [-0.4, -0.2) is 22.9 Å². The van der Waals surface area contributed by atoms with Crippen LogP contribution in [0.15, 0.2) is 18.2 Å². The fourth-order valence-corrected chi connectivity index (χ4v) is 2.91. The average Bonchev–Trinajstić information content (AvgIpc) is 2.27. The van der Waals surface area contributed by atoms with Crippen molar-refractivity contribution in [1.82, 2.24) is 4.90 Å². The number of carbonyl (C=O) groups is 1. The molecule has 1 heterocycles. The molecule has 1 aromatic carbocycles. The molecule has 0 aliphatic carbocycles. The Morgan fingerprint density at radius 3 is 2.39 bits per heavy atom. The molecule has 2 N–H and O–H groups in total. The number of hydrogen-bond acceptors (Lipinski definition) is 2. The maximum Gasteiger partial charge on any atom is 0.254 e. The second-order valence-electron chi connectivity index (χ2n) is 5.47. The minimum Gasteiger partial charge on any atom is -0.399 e. The van der Waals surface area contributed by atoms with Gasteiger partial charge in [-0.05, 0) is 63.8 Å². The molecule has 3 nitrogen and oxygen atoms in total. The number of amides is 1. The second kappa shape index (κ2) is 5.01. The first-order valence-corrected chi connectivity index (χ1v) is 6.69. The van der Waals surface area contributed by atoms with Crippen LogP contribution < -0.4 is 5.73 Å². The lowest BCUT2D eigenvalue weighted by atomic mass is 9.96. The van der Waals surface area contributed by atoms with Gasteiger partial charge in [-0.15, -0.1) is 0 Å². The zero-order valence-electron chi connectivity index (χ0n) is 11.4. The van der Waals surface area contributed by atoms with Gasteiger partial charge >= 0.3 is 0 Å². The van der Waals surface area contributed by atoms with Gasteiger partial charge in [-0.25, -0.2) is 0 Å². The van der Waals surface area contributed by atoms with Crippen molar-refractivity contribution in [2.45, 2.75) is 52.1 Å². The Bertz CT molecular complexity index is 426. The Hall–Kier alpha value is -1.51. The molecule has 1 fully saturated rings. The molecule has 98 valence electrons. The van der Waals surface area contributed by atoms with Gasteiger partial charge in [-0.3, -0.25) is 4.79 Å². The molecule has 0 radical (unpaired) electrons. The number of piperidine rings is 1. The first-order valence-electron chi connectivity index (χ1n) is 6.69. The van der Waals surface area contributed by atoms with E-state index in [1.165, 1.54) is 6.42 Å². The third-order valence-corrected chi connectivity index (χ3v) is 3.77. The Balaban J connectivity index is 2.29. The third kappa shape index (κ3) is 2.50. The summed E-state index contributed by atoms with van der Waals surface area (Å²) in [6, 6.07) is 6.24. The molecule has 0 aromatic heterocycles. The summed E-state index contributed by atoms with van der Waals surface area (Å²) < 4.78 is 0. The Labute approximate surface area is 109 Å². The van der Waals surface area contributed by atoms with Crippen LogP contribution in [0.25, 0.3) is 0 Å². The van der Waals surface area contributed by atoms with Gasteiger partial charge in [0.25, 0.3) is 5.91 Å². The zero-order chi connectivity index (χ0) is 13.3. The molecular weight excluding hydrogens is 224 g/mol. The number of benzene rings is 1. The van der Waals surface area contributed by atoms with Gasteiger partial charge in [-0.1, -0.05) is 0 Å². The van der Waals surface area contributed by atoms with Crippen molar-refractivity contribution >= 4 is 11.6 Å². The van der Waals surface area contributed by atoms with Gasteiger partial charge in [0, 0.05) is 23.3 Å². The van der Waals surface area contributed by atoms with Crippen molar-refractivity contribution in [2.75, 3.05) is 5.73 Å². The van der Waals surface area contributed by atoms with E-state index in [2.05, 4.69) is 13.8 Å². The molecule has 18 heavy (non-hydrogen) atoms. The van der Waals surface area contributed by atoms with Crippen LogP contribution in [0.1, 0.15) is 49.0 Å². The van der Waals surface area contributed by atoms with Crippen LogP contribution in [0, 0.1) is 6.92 Å². The van der Waals surface area contributed by atoms with Gasteiger partial charge in [0.15, 0.2) is 0 Å². The fourth-order valence-electron chi connectivity index (χ4n) is 2.91. The average molecular weight is 246 g/mol. The minimum absolute atomic E-state index is 0.116. The third-order valence-electron chi connectivity index (χ3n) is 3.77. The highest BCUT2D eigenvalue weighted by Gasteiger charge is 2.29. The smallest absolute Gasteiger partial charge is 0.254 e. The van der Waals surface area contributed by atoms with Crippen LogP contribution in [0.2, 0.25) is 0 Å². The maximum atomic E-state index is 12.6. The predicted molar refractivity (Wildman–Crippen MR) is 74.5 cm³/mol. The van der Waals surface area contributed by atoms with Crippen LogP contribution in [-0.2, 0) is 0 Å². The molecule has 2 atom stereocenters. The first-order chi connectivity index (χ1) is 8.49. The first kappa shape index (κ1) is 12.9. The Kier molecular flexibility index (Phi) is 3.60. The molecule has 1 saturated heterocycles. The van der Waals surface area contributed by atoms with E-state index in [0.29, 0.717) is 23.3 Å². The number of likely N-dealkylation sites (tertiary alicyclic amines) is 1. The lowest BCUT2D eigenvalue weighted by Gasteiger charge is -2.39. The van der Waals surface area contributed by atoms with Crippen molar-refractivity contribution in [3.05, 3.63) is 29.3 Å². The van der Waals surface area contributed by atoms with E-state index >= 15 is 0 Å². The Morgan fingerprint density at radius 1 is 1.22 bits per heavy atom. The number of carbonyl (C=O) groups excluding carboxylic acids is 1. The monoisotopic (exact) mass is 246 g/mol. The van der Waals surface area contributed by atoms with Crippen molar-refractivity contribution in [3.63, 3.8) is 0 Å². The van der Waals surface area contributed by atoms with E-state index in [1.807, 2.05) is 24.0 Å². The topological polar surface area (TPSA) is 46.3 Å². The molecule has 1 amide bonds. The highest BCUT2D eigenvalue weighted by molar-refractivity contribution is 5.95. The van der Waals surface area contributed by atoms with Crippen LogP contribution in [0.5, 0.6) is 0 Å². The quantitative estimate of drug-likeness (QED) is 0.774. The number of anilines is 1. The molecule has 0 bridgehead atoms. The molecule has 0 spiro atoms. The van der Waals surface area contributed by atoms with E-state index in [0.717, 1.165) is 18.4 Å². The predicted octanol–water partition coefficient (Wildman–Crippen LogP) is 2.98. The molecule has 3 heteroatoms. The summed E-state index contributed by atoms with van der Waals surface area (Å²) in [6.45, 7) is 6.23. The van der Waals surface area contributed by atoms with Gasteiger partial charge in [0.05, 0.1) is 0 Å². The van der Waals surface area contributed by atoms with E-state index < -0.39 is 0 Å². The van der Waals surface area contributed by atoms with Gasteiger partial charge in [0.1, 0.15) is 0 Å². The summed E-state index contributed by atoms with van der Waals surface area (Å²) in [4.78, 5) is 14.6. The standard InChI is InChI=1S/C15H22N2O/c1-10-7-13(9-14(16)8-10)15(18)17-11(2)5-4-6-12(17)3/h7-9,11-12H,4-6,16H2,1-3H3. The summed E-state index contributed by atoms with van der Waals surface area (Å²) in [5, 5.41) is 0. The number of nitrogens with two attached hydrogens (primary N) is 1. The summed E-state index contributed by atoms with van der Waals surface area (Å²) in [5.41, 5.74) is 8.24. The molecule has 1 aromatic rings. The highest BCUT2D eigenvalue weighted by atomic mass is 16.2. The van der Waals surface area contributed by atoms with Crippen LogP contribution >= 0.6 is 0 Å². The normalized spacial score (nSPS) is 24.1. The van der Waals surface area contributed by atoms with Gasteiger partial charge < -0.3 is 10.6 Å². The SMILES string of the molecule is Cc1cc(N)cc(C(=O)N2C(C)CCCC2C)c1. The van der Waals surface area contributed by atoms with E-state index in [1.54, 1.807) is 6.07 Å². The van der Waals surface area contributed by atoms with Crippen LogP contribution in [0.3, 0.4) is 0 Å². The molecule has 1 aliphatic heterocycles. The van der Waals surface area contributed by atoms with Crippen molar-refractivity contribution in [2.24, 2.45) is 0 Å². The molecule has 2 rings (SSSR count). The maximum absolute atomic E-state index is 12.6. The number of hydrogen-bond donors (Lipinski definition) is 1. The second-order valence-corrected chi connectivity index (χ2v) is 5.47. The molecule has 0 saturated carbocycles. The summed E-state index contributed by atoms with van der Waals surface area (Å²) in [7, 11) is 0. The number of aryl methyl sites for hydroxylation is 1. The van der Waals surface area contributed by atoms with Crippen molar-refractivity contribution in [1.29, 1.82) is 0 Å². The largest absolute Gasteiger partial charge is 0.399 e. The van der Waals surface area contributed by atoms with E-state index in [9.17, 15) is 4.79 Å². The zero-order valence-corrected chi connectivity index (χ0v) is 11.4.